The highest BCUT2D eigenvalue weighted by Gasteiger charge is 2.32. The Hall–Kier alpha value is -2.57. The van der Waals surface area contributed by atoms with Crippen LogP contribution in [0.1, 0.15) is 69.3 Å². The van der Waals surface area contributed by atoms with E-state index in [4.69, 9.17) is 14.2 Å². The van der Waals surface area contributed by atoms with E-state index in [2.05, 4.69) is 0 Å². The minimum atomic E-state index is -0.495. The topological polar surface area (TPSA) is 82.1 Å². The van der Waals surface area contributed by atoms with Crippen LogP contribution in [0.3, 0.4) is 0 Å². The van der Waals surface area contributed by atoms with Crippen molar-refractivity contribution in [2.45, 2.75) is 71.5 Å². The third-order valence-corrected chi connectivity index (χ3v) is 6.06. The molecule has 1 fully saturated rings. The Balaban J connectivity index is 1.56. The monoisotopic (exact) mass is 445 g/mol. The predicted octanol–water partition coefficient (Wildman–Crippen LogP) is 4.41. The van der Waals surface area contributed by atoms with Crippen molar-refractivity contribution in [1.29, 1.82) is 0 Å². The standard InChI is InChI=1S/C25H35NO6/c1-16(23(28)30-5)12-18-6-7-20-21(27)15-19(31-22(20)14-18)13-17-8-10-26(11-9-17)24(29)32-25(2,3)4/h6-7,14,16-17,19H,8-13,15H2,1-5H3. The second-order valence-corrected chi connectivity index (χ2v) is 9.97. The van der Waals surface area contributed by atoms with Gasteiger partial charge in [-0.05, 0) is 70.1 Å². The number of hydrogen-bond acceptors (Lipinski definition) is 6. The van der Waals surface area contributed by atoms with Crippen LogP contribution in [0, 0.1) is 11.8 Å². The van der Waals surface area contributed by atoms with Crippen molar-refractivity contribution in [3.05, 3.63) is 29.3 Å². The highest BCUT2D eigenvalue weighted by Crippen LogP contribution is 2.33. The highest BCUT2D eigenvalue weighted by atomic mass is 16.6. The van der Waals surface area contributed by atoms with Gasteiger partial charge in [-0.2, -0.15) is 0 Å². The molecule has 2 aliphatic heterocycles. The summed E-state index contributed by atoms with van der Waals surface area (Å²) in [6.07, 6.45) is 3.01. The number of carbonyl (C=O) groups excluding carboxylic acids is 3. The summed E-state index contributed by atoms with van der Waals surface area (Å²) in [6, 6.07) is 5.56. The molecule has 32 heavy (non-hydrogen) atoms. The maximum absolute atomic E-state index is 12.7. The normalized spacial score (nSPS) is 20.2. The molecule has 1 aromatic carbocycles. The van der Waals surface area contributed by atoms with Crippen molar-refractivity contribution in [2.75, 3.05) is 20.2 Å². The van der Waals surface area contributed by atoms with Crippen LogP contribution in [-0.2, 0) is 20.7 Å². The summed E-state index contributed by atoms with van der Waals surface area (Å²) in [5.41, 5.74) is 1.06. The molecule has 1 saturated heterocycles. The van der Waals surface area contributed by atoms with E-state index >= 15 is 0 Å². The van der Waals surface area contributed by atoms with Gasteiger partial charge in [0, 0.05) is 19.5 Å². The molecule has 2 heterocycles. The number of amides is 1. The molecule has 0 saturated carbocycles. The van der Waals surface area contributed by atoms with Gasteiger partial charge in [0.15, 0.2) is 5.78 Å². The van der Waals surface area contributed by atoms with E-state index in [0.29, 0.717) is 43.2 Å². The molecule has 7 heteroatoms. The lowest BCUT2D eigenvalue weighted by molar-refractivity contribution is -0.144. The number of esters is 1. The van der Waals surface area contributed by atoms with E-state index in [0.717, 1.165) is 24.8 Å². The third kappa shape index (κ3) is 6.24. The summed E-state index contributed by atoms with van der Waals surface area (Å²) in [6.45, 7) is 8.75. The Bertz CT molecular complexity index is 850. The van der Waals surface area contributed by atoms with Crippen molar-refractivity contribution >= 4 is 17.8 Å². The molecule has 0 spiro atoms. The van der Waals surface area contributed by atoms with Crippen LogP contribution >= 0.6 is 0 Å². The highest BCUT2D eigenvalue weighted by molar-refractivity contribution is 6.00. The Kier molecular flexibility index (Phi) is 7.47. The fraction of sp³-hybridized carbons (Fsp3) is 0.640. The largest absolute Gasteiger partial charge is 0.489 e. The van der Waals surface area contributed by atoms with Crippen molar-refractivity contribution < 1.29 is 28.6 Å². The zero-order valence-corrected chi connectivity index (χ0v) is 19.8. The van der Waals surface area contributed by atoms with Crippen LogP contribution in [-0.4, -0.2) is 54.7 Å². The molecule has 0 N–H and O–H groups in total. The SMILES string of the molecule is COC(=O)C(C)Cc1ccc2c(c1)OC(CC1CCN(C(=O)OC(C)(C)C)CC1)CC2=O. The minimum Gasteiger partial charge on any atom is -0.489 e. The van der Waals surface area contributed by atoms with E-state index in [-0.39, 0.29) is 29.9 Å². The Morgan fingerprint density at radius 2 is 1.91 bits per heavy atom. The molecule has 2 unspecified atom stereocenters. The van der Waals surface area contributed by atoms with Gasteiger partial charge in [0.1, 0.15) is 17.5 Å². The molecule has 0 aromatic heterocycles. The number of benzene rings is 1. The van der Waals surface area contributed by atoms with Crippen molar-refractivity contribution in [1.82, 2.24) is 4.90 Å². The van der Waals surface area contributed by atoms with Gasteiger partial charge in [0.2, 0.25) is 0 Å². The molecular formula is C25H35NO6. The average molecular weight is 446 g/mol. The van der Waals surface area contributed by atoms with Gasteiger partial charge in [0.05, 0.1) is 18.6 Å². The van der Waals surface area contributed by atoms with Gasteiger partial charge in [0.25, 0.3) is 0 Å². The molecule has 0 aliphatic carbocycles. The van der Waals surface area contributed by atoms with Crippen LogP contribution < -0.4 is 4.74 Å². The fourth-order valence-corrected chi connectivity index (χ4v) is 4.38. The second kappa shape index (κ2) is 9.92. The first-order chi connectivity index (χ1) is 15.1. The molecule has 176 valence electrons. The van der Waals surface area contributed by atoms with Gasteiger partial charge in [-0.15, -0.1) is 0 Å². The zero-order chi connectivity index (χ0) is 23.5. The fourth-order valence-electron chi connectivity index (χ4n) is 4.38. The van der Waals surface area contributed by atoms with Gasteiger partial charge >= 0.3 is 12.1 Å². The zero-order valence-electron chi connectivity index (χ0n) is 19.8. The number of likely N-dealkylation sites (tertiary alicyclic amines) is 1. The van der Waals surface area contributed by atoms with Crippen LogP contribution in [0.25, 0.3) is 0 Å². The van der Waals surface area contributed by atoms with Crippen LogP contribution in [0.15, 0.2) is 18.2 Å². The lowest BCUT2D eigenvalue weighted by Gasteiger charge is -2.35. The number of carbonyl (C=O) groups is 3. The molecular weight excluding hydrogens is 410 g/mol. The lowest BCUT2D eigenvalue weighted by atomic mass is 9.87. The van der Waals surface area contributed by atoms with Gasteiger partial charge in [-0.25, -0.2) is 4.79 Å². The first-order valence-corrected chi connectivity index (χ1v) is 11.4. The van der Waals surface area contributed by atoms with E-state index in [1.165, 1.54) is 7.11 Å². The Morgan fingerprint density at radius 1 is 1.22 bits per heavy atom. The van der Waals surface area contributed by atoms with E-state index in [1.54, 1.807) is 11.0 Å². The second-order valence-electron chi connectivity index (χ2n) is 9.97. The van der Waals surface area contributed by atoms with E-state index in [9.17, 15) is 14.4 Å². The molecule has 7 nitrogen and oxygen atoms in total. The maximum atomic E-state index is 12.7. The number of ether oxygens (including phenoxy) is 3. The number of piperidine rings is 1. The van der Waals surface area contributed by atoms with Gasteiger partial charge in [-0.3, -0.25) is 9.59 Å². The number of rotatable bonds is 5. The average Bonchev–Trinajstić information content (AvgIpc) is 2.72. The quantitative estimate of drug-likeness (QED) is 0.625. The first-order valence-electron chi connectivity index (χ1n) is 11.4. The summed E-state index contributed by atoms with van der Waals surface area (Å²) in [5, 5.41) is 0. The molecule has 0 bridgehead atoms. The first kappa shape index (κ1) is 24.1. The maximum Gasteiger partial charge on any atom is 0.410 e. The number of methoxy groups -OCH3 is 1. The van der Waals surface area contributed by atoms with Crippen LogP contribution in [0.4, 0.5) is 4.79 Å². The third-order valence-electron chi connectivity index (χ3n) is 6.06. The molecule has 0 radical (unpaired) electrons. The smallest absolute Gasteiger partial charge is 0.410 e. The molecule has 2 atom stereocenters. The summed E-state index contributed by atoms with van der Waals surface area (Å²) < 4.78 is 16.5. The van der Waals surface area contributed by atoms with Gasteiger partial charge in [-0.1, -0.05) is 13.0 Å². The summed E-state index contributed by atoms with van der Waals surface area (Å²) in [7, 11) is 1.38. The lowest BCUT2D eigenvalue weighted by Crippen LogP contribution is -2.42. The van der Waals surface area contributed by atoms with Crippen molar-refractivity contribution in [2.24, 2.45) is 11.8 Å². The summed E-state index contributed by atoms with van der Waals surface area (Å²) in [5.74, 6) is 0.580. The minimum absolute atomic E-state index is 0.0926. The van der Waals surface area contributed by atoms with Crippen LogP contribution in [0.2, 0.25) is 0 Å². The van der Waals surface area contributed by atoms with Gasteiger partial charge < -0.3 is 19.1 Å². The van der Waals surface area contributed by atoms with Crippen LogP contribution in [0.5, 0.6) is 5.75 Å². The van der Waals surface area contributed by atoms with E-state index in [1.807, 2.05) is 39.8 Å². The number of Topliss-reactive ketones (excluding diaryl/α,β-unsaturated/α-hetero) is 1. The summed E-state index contributed by atoms with van der Waals surface area (Å²) in [4.78, 5) is 38.4. The number of hydrogen-bond donors (Lipinski definition) is 0. The molecule has 2 aliphatic rings. The van der Waals surface area contributed by atoms with Crippen molar-refractivity contribution in [3.8, 4) is 5.75 Å². The summed E-state index contributed by atoms with van der Waals surface area (Å²) >= 11 is 0. The van der Waals surface area contributed by atoms with E-state index < -0.39 is 5.60 Å². The molecule has 1 amide bonds. The number of ketones is 1. The number of nitrogens with zero attached hydrogens (tertiary/aromatic N) is 1. The molecule has 1 aromatic rings. The van der Waals surface area contributed by atoms with Crippen molar-refractivity contribution in [3.63, 3.8) is 0 Å². The predicted molar refractivity (Wildman–Crippen MR) is 120 cm³/mol. The Morgan fingerprint density at radius 3 is 2.53 bits per heavy atom. The molecule has 3 rings (SSSR count). The number of fused-ring (bicyclic) bond motifs is 1. The Labute approximate surface area is 190 Å².